The van der Waals surface area contributed by atoms with E-state index in [1.807, 2.05) is 42.5 Å². The van der Waals surface area contributed by atoms with E-state index in [0.717, 1.165) is 5.69 Å². The third kappa shape index (κ3) is 3.74. The average molecular weight is 257 g/mol. The van der Waals surface area contributed by atoms with E-state index in [4.69, 9.17) is 9.47 Å². The number of ether oxygens (including phenoxy) is 2. The number of nitrogens with one attached hydrogen (secondary N) is 1. The van der Waals surface area contributed by atoms with Crippen molar-refractivity contribution in [3.63, 3.8) is 0 Å². The van der Waals surface area contributed by atoms with Crippen LogP contribution >= 0.6 is 0 Å². The first kappa shape index (κ1) is 13.0. The Morgan fingerprint density at radius 3 is 2.32 bits per heavy atom. The fraction of sp³-hybridized carbons (Fsp3) is 0.133. The lowest BCUT2D eigenvalue weighted by molar-refractivity contribution is -0.118. The lowest BCUT2D eigenvalue weighted by Crippen LogP contribution is -2.20. The van der Waals surface area contributed by atoms with Crippen molar-refractivity contribution in [2.24, 2.45) is 0 Å². The Kier molecular flexibility index (Phi) is 4.39. The number of hydrogen-bond acceptors (Lipinski definition) is 3. The first-order valence-corrected chi connectivity index (χ1v) is 5.90. The van der Waals surface area contributed by atoms with E-state index in [1.54, 1.807) is 19.2 Å². The van der Waals surface area contributed by atoms with Gasteiger partial charge in [-0.25, -0.2) is 0 Å². The lowest BCUT2D eigenvalue weighted by Gasteiger charge is -2.10. The zero-order valence-electron chi connectivity index (χ0n) is 10.6. The molecule has 0 heterocycles. The number of carbonyl (C=O) groups excluding carboxylic acids is 1. The van der Waals surface area contributed by atoms with E-state index in [2.05, 4.69) is 5.32 Å². The van der Waals surface area contributed by atoms with Gasteiger partial charge in [-0.2, -0.15) is 0 Å². The Morgan fingerprint density at radius 2 is 1.63 bits per heavy atom. The second kappa shape index (κ2) is 6.44. The van der Waals surface area contributed by atoms with E-state index < -0.39 is 0 Å². The van der Waals surface area contributed by atoms with Crippen LogP contribution in [0.4, 0.5) is 5.69 Å². The molecule has 0 fully saturated rings. The van der Waals surface area contributed by atoms with Gasteiger partial charge in [0, 0.05) is 5.69 Å². The molecule has 0 spiro atoms. The van der Waals surface area contributed by atoms with Gasteiger partial charge in [-0.05, 0) is 24.3 Å². The number of rotatable bonds is 5. The molecule has 0 saturated heterocycles. The summed E-state index contributed by atoms with van der Waals surface area (Å²) in [5, 5.41) is 2.74. The molecule has 0 aliphatic heterocycles. The Morgan fingerprint density at radius 1 is 1.00 bits per heavy atom. The Hall–Kier alpha value is -2.49. The summed E-state index contributed by atoms with van der Waals surface area (Å²) in [7, 11) is 1.56. The molecule has 19 heavy (non-hydrogen) atoms. The van der Waals surface area contributed by atoms with Crippen LogP contribution in [-0.4, -0.2) is 19.6 Å². The SMILES string of the molecule is COc1ccccc1OCC(=O)Nc1ccccc1. The fourth-order valence-electron chi connectivity index (χ4n) is 1.60. The van der Waals surface area contributed by atoms with Crippen molar-refractivity contribution in [2.45, 2.75) is 0 Å². The third-order valence-corrected chi connectivity index (χ3v) is 2.49. The van der Waals surface area contributed by atoms with Crippen LogP contribution in [0.3, 0.4) is 0 Å². The number of carbonyl (C=O) groups is 1. The van der Waals surface area contributed by atoms with Crippen LogP contribution in [0.25, 0.3) is 0 Å². The van der Waals surface area contributed by atoms with E-state index in [1.165, 1.54) is 0 Å². The molecule has 0 saturated carbocycles. The van der Waals surface area contributed by atoms with Crippen LogP contribution in [0.15, 0.2) is 54.6 Å². The summed E-state index contributed by atoms with van der Waals surface area (Å²) >= 11 is 0. The first-order valence-electron chi connectivity index (χ1n) is 5.90. The van der Waals surface area contributed by atoms with Crippen LogP contribution in [0.1, 0.15) is 0 Å². The number of methoxy groups -OCH3 is 1. The normalized spacial score (nSPS) is 9.74. The zero-order chi connectivity index (χ0) is 13.5. The quantitative estimate of drug-likeness (QED) is 0.895. The van der Waals surface area contributed by atoms with Gasteiger partial charge < -0.3 is 14.8 Å². The van der Waals surface area contributed by atoms with Crippen LogP contribution < -0.4 is 14.8 Å². The Balaban J connectivity index is 1.90. The van der Waals surface area contributed by atoms with E-state index in [0.29, 0.717) is 11.5 Å². The summed E-state index contributed by atoms with van der Waals surface area (Å²) in [6, 6.07) is 16.5. The molecule has 4 nitrogen and oxygen atoms in total. The highest BCUT2D eigenvalue weighted by atomic mass is 16.5. The van der Waals surface area contributed by atoms with Gasteiger partial charge in [-0.1, -0.05) is 30.3 Å². The van der Waals surface area contributed by atoms with Crippen molar-refractivity contribution >= 4 is 11.6 Å². The number of anilines is 1. The minimum Gasteiger partial charge on any atom is -0.493 e. The third-order valence-electron chi connectivity index (χ3n) is 2.49. The molecule has 0 radical (unpaired) electrons. The van der Waals surface area contributed by atoms with E-state index in [-0.39, 0.29) is 12.5 Å². The summed E-state index contributed by atoms with van der Waals surface area (Å²) < 4.78 is 10.6. The maximum Gasteiger partial charge on any atom is 0.262 e. The summed E-state index contributed by atoms with van der Waals surface area (Å²) in [6.45, 7) is -0.0603. The molecular weight excluding hydrogens is 242 g/mol. The Labute approximate surface area is 112 Å². The van der Waals surface area contributed by atoms with Gasteiger partial charge >= 0.3 is 0 Å². The van der Waals surface area contributed by atoms with Gasteiger partial charge in [-0.3, -0.25) is 4.79 Å². The largest absolute Gasteiger partial charge is 0.493 e. The first-order chi connectivity index (χ1) is 9.29. The number of benzene rings is 2. The molecule has 2 rings (SSSR count). The fourth-order valence-corrected chi connectivity index (χ4v) is 1.60. The van der Waals surface area contributed by atoms with Gasteiger partial charge in [0.2, 0.25) is 0 Å². The van der Waals surface area contributed by atoms with Gasteiger partial charge in [0.15, 0.2) is 18.1 Å². The van der Waals surface area contributed by atoms with Crippen molar-refractivity contribution in [2.75, 3.05) is 19.0 Å². The molecule has 0 atom stereocenters. The van der Waals surface area contributed by atoms with Gasteiger partial charge in [0.25, 0.3) is 5.91 Å². The van der Waals surface area contributed by atoms with Crippen molar-refractivity contribution in [1.82, 2.24) is 0 Å². The van der Waals surface area contributed by atoms with Crippen LogP contribution in [-0.2, 0) is 4.79 Å². The predicted octanol–water partition coefficient (Wildman–Crippen LogP) is 2.71. The van der Waals surface area contributed by atoms with Crippen LogP contribution in [0.5, 0.6) is 11.5 Å². The van der Waals surface area contributed by atoms with Crippen LogP contribution in [0, 0.1) is 0 Å². The Bertz CT molecular complexity index is 540. The summed E-state index contributed by atoms with van der Waals surface area (Å²) in [5.41, 5.74) is 0.746. The standard InChI is InChI=1S/C15H15NO3/c1-18-13-9-5-6-10-14(13)19-11-15(17)16-12-7-3-2-4-8-12/h2-10H,11H2,1H3,(H,16,17). The van der Waals surface area contributed by atoms with E-state index >= 15 is 0 Å². The number of para-hydroxylation sites is 3. The maximum absolute atomic E-state index is 11.7. The lowest BCUT2D eigenvalue weighted by atomic mass is 10.3. The van der Waals surface area contributed by atoms with Crippen LogP contribution in [0.2, 0.25) is 0 Å². The number of amides is 1. The van der Waals surface area contributed by atoms with Crippen molar-refractivity contribution in [1.29, 1.82) is 0 Å². The summed E-state index contributed by atoms with van der Waals surface area (Å²) in [6.07, 6.45) is 0. The molecule has 2 aromatic rings. The zero-order valence-corrected chi connectivity index (χ0v) is 10.6. The highest BCUT2D eigenvalue weighted by Gasteiger charge is 2.06. The minimum atomic E-state index is -0.211. The highest BCUT2D eigenvalue weighted by molar-refractivity contribution is 5.91. The van der Waals surface area contributed by atoms with Crippen molar-refractivity contribution in [3.05, 3.63) is 54.6 Å². The molecule has 0 aromatic heterocycles. The highest BCUT2D eigenvalue weighted by Crippen LogP contribution is 2.25. The van der Waals surface area contributed by atoms with Crippen molar-refractivity contribution in [3.8, 4) is 11.5 Å². The smallest absolute Gasteiger partial charge is 0.262 e. The molecule has 0 unspecified atom stereocenters. The number of hydrogen-bond donors (Lipinski definition) is 1. The predicted molar refractivity (Wildman–Crippen MR) is 73.6 cm³/mol. The van der Waals surface area contributed by atoms with Gasteiger partial charge in [0.1, 0.15) is 0 Å². The molecule has 0 bridgehead atoms. The molecule has 2 aromatic carbocycles. The molecule has 1 amide bonds. The average Bonchev–Trinajstić information content (AvgIpc) is 2.46. The summed E-state index contributed by atoms with van der Waals surface area (Å²) in [4.78, 5) is 11.7. The van der Waals surface area contributed by atoms with Gasteiger partial charge in [0.05, 0.1) is 7.11 Å². The maximum atomic E-state index is 11.7. The molecule has 4 heteroatoms. The van der Waals surface area contributed by atoms with Gasteiger partial charge in [-0.15, -0.1) is 0 Å². The second-order valence-electron chi connectivity index (χ2n) is 3.85. The molecule has 0 aliphatic rings. The van der Waals surface area contributed by atoms with E-state index in [9.17, 15) is 4.79 Å². The minimum absolute atomic E-state index is 0.0603. The summed E-state index contributed by atoms with van der Waals surface area (Å²) in [5.74, 6) is 0.945. The van der Waals surface area contributed by atoms with Crippen molar-refractivity contribution < 1.29 is 14.3 Å². The monoisotopic (exact) mass is 257 g/mol. The molecule has 1 N–H and O–H groups in total. The molecule has 98 valence electrons. The molecular formula is C15H15NO3. The topological polar surface area (TPSA) is 47.6 Å². The molecule has 0 aliphatic carbocycles. The second-order valence-corrected chi connectivity index (χ2v) is 3.85.